The van der Waals surface area contributed by atoms with Crippen LogP contribution in [-0.2, 0) is 16.0 Å². The van der Waals surface area contributed by atoms with Gasteiger partial charge < -0.3 is 14.8 Å². The second kappa shape index (κ2) is 10.9. The zero-order chi connectivity index (χ0) is 23.2. The number of ether oxygens (including phenoxy) is 2. The molecule has 0 atom stereocenters. The van der Waals surface area contributed by atoms with Gasteiger partial charge in [-0.1, -0.05) is 61.2 Å². The van der Waals surface area contributed by atoms with E-state index < -0.39 is 5.97 Å². The fourth-order valence-corrected chi connectivity index (χ4v) is 5.76. The Bertz CT molecular complexity index is 1120. The average molecular weight is 484 g/mol. The van der Waals surface area contributed by atoms with Crippen molar-refractivity contribution in [2.45, 2.75) is 44.4 Å². The maximum atomic E-state index is 12.9. The van der Waals surface area contributed by atoms with Crippen LogP contribution in [0.4, 0.5) is 5.00 Å². The third-order valence-corrected chi connectivity index (χ3v) is 7.14. The molecule has 2 aromatic carbocycles. The molecule has 7 heteroatoms. The van der Waals surface area contributed by atoms with Crippen molar-refractivity contribution in [2.24, 2.45) is 0 Å². The Morgan fingerprint density at radius 1 is 1.03 bits per heavy atom. The van der Waals surface area contributed by atoms with Crippen LogP contribution in [0.25, 0.3) is 0 Å². The summed E-state index contributed by atoms with van der Waals surface area (Å²) in [4.78, 5) is 25.5. The van der Waals surface area contributed by atoms with Crippen LogP contribution in [0.3, 0.4) is 0 Å². The monoisotopic (exact) mass is 483 g/mol. The normalized spacial score (nSPS) is 14.0. The van der Waals surface area contributed by atoms with E-state index in [1.807, 2.05) is 54.6 Å². The minimum absolute atomic E-state index is 0.140. The molecule has 0 unspecified atom stereocenters. The largest absolute Gasteiger partial charge is 0.465 e. The molecule has 1 heterocycles. The van der Waals surface area contributed by atoms with E-state index in [1.165, 1.54) is 24.9 Å². The number of methoxy groups -OCH3 is 1. The van der Waals surface area contributed by atoms with E-state index >= 15 is 0 Å². The van der Waals surface area contributed by atoms with Crippen LogP contribution in [0.15, 0.2) is 54.6 Å². The number of benzene rings is 2. The first-order valence-electron chi connectivity index (χ1n) is 11.1. The van der Waals surface area contributed by atoms with Gasteiger partial charge in [0.1, 0.15) is 16.5 Å². The molecule has 0 saturated heterocycles. The van der Waals surface area contributed by atoms with Crippen molar-refractivity contribution in [3.8, 4) is 11.5 Å². The second-order valence-corrected chi connectivity index (χ2v) is 9.73. The summed E-state index contributed by atoms with van der Waals surface area (Å²) in [5.41, 5.74) is 2.02. The van der Waals surface area contributed by atoms with E-state index in [1.54, 1.807) is 0 Å². The highest BCUT2D eigenvalue weighted by Gasteiger charge is 2.30. The molecule has 1 N–H and O–H groups in total. The van der Waals surface area contributed by atoms with Crippen LogP contribution in [0.2, 0.25) is 4.34 Å². The lowest BCUT2D eigenvalue weighted by molar-refractivity contribution is -0.115. The van der Waals surface area contributed by atoms with Gasteiger partial charge in [-0.25, -0.2) is 4.79 Å². The molecule has 0 bridgehead atoms. The van der Waals surface area contributed by atoms with Crippen molar-refractivity contribution in [3.63, 3.8) is 0 Å². The Kier molecular flexibility index (Phi) is 7.68. The van der Waals surface area contributed by atoms with Crippen molar-refractivity contribution in [2.75, 3.05) is 12.4 Å². The Morgan fingerprint density at radius 3 is 2.48 bits per heavy atom. The number of nitrogens with one attached hydrogen (secondary N) is 1. The number of amides is 1. The summed E-state index contributed by atoms with van der Waals surface area (Å²) >= 11 is 7.80. The molecule has 4 rings (SSSR count). The van der Waals surface area contributed by atoms with Gasteiger partial charge in [0.2, 0.25) is 5.91 Å². The van der Waals surface area contributed by atoms with Crippen molar-refractivity contribution >= 4 is 39.8 Å². The molecule has 1 amide bonds. The number of carbonyl (C=O) groups excluding carboxylic acids is 2. The predicted molar refractivity (Wildman–Crippen MR) is 132 cm³/mol. The van der Waals surface area contributed by atoms with Crippen molar-refractivity contribution in [1.82, 2.24) is 0 Å². The molecule has 1 fully saturated rings. The number of anilines is 1. The summed E-state index contributed by atoms with van der Waals surface area (Å²) in [5, 5.41) is 3.35. The van der Waals surface area contributed by atoms with E-state index in [0.29, 0.717) is 20.7 Å². The maximum absolute atomic E-state index is 12.9. The lowest BCUT2D eigenvalue weighted by Gasteiger charge is -2.22. The number of thiophene rings is 1. The summed E-state index contributed by atoms with van der Waals surface area (Å²) in [6.07, 6.45) is 5.54. The van der Waals surface area contributed by atoms with Gasteiger partial charge in [-0.15, -0.1) is 11.3 Å². The lowest BCUT2D eigenvalue weighted by Crippen LogP contribution is -2.17. The Morgan fingerprint density at radius 2 is 1.76 bits per heavy atom. The first-order chi connectivity index (χ1) is 16.0. The number of carbonyl (C=O) groups is 2. The first-order valence-corrected chi connectivity index (χ1v) is 12.3. The zero-order valence-corrected chi connectivity index (χ0v) is 20.0. The topological polar surface area (TPSA) is 64.6 Å². The van der Waals surface area contributed by atoms with E-state index in [0.717, 1.165) is 42.6 Å². The highest BCUT2D eigenvalue weighted by Crippen LogP contribution is 2.46. The lowest BCUT2D eigenvalue weighted by atomic mass is 9.83. The summed E-state index contributed by atoms with van der Waals surface area (Å²) in [5.74, 6) is 0.900. The number of hydrogen-bond donors (Lipinski definition) is 1. The molecule has 0 aliphatic heterocycles. The van der Waals surface area contributed by atoms with Crippen LogP contribution >= 0.6 is 22.9 Å². The van der Waals surface area contributed by atoms with Crippen LogP contribution in [-0.4, -0.2) is 19.0 Å². The minimum Gasteiger partial charge on any atom is -0.465 e. The van der Waals surface area contributed by atoms with Gasteiger partial charge in [-0.3, -0.25) is 4.79 Å². The van der Waals surface area contributed by atoms with Gasteiger partial charge in [0, 0.05) is 5.56 Å². The predicted octanol–water partition coefficient (Wildman–Crippen LogP) is 7.21. The SMILES string of the molecule is COC(=O)c1c(NC(=O)Cc2cccc(Oc3ccccc3)c2)sc(Cl)c1C1CCCCC1. The average Bonchev–Trinajstić information content (AvgIpc) is 3.15. The van der Waals surface area contributed by atoms with Crippen molar-refractivity contribution in [1.29, 1.82) is 0 Å². The van der Waals surface area contributed by atoms with E-state index in [9.17, 15) is 9.59 Å². The molecule has 1 saturated carbocycles. The molecule has 1 aliphatic carbocycles. The summed E-state index contributed by atoms with van der Waals surface area (Å²) in [6, 6.07) is 16.9. The molecule has 3 aromatic rings. The van der Waals surface area contributed by atoms with Crippen LogP contribution < -0.4 is 10.1 Å². The van der Waals surface area contributed by atoms with E-state index in [4.69, 9.17) is 21.1 Å². The smallest absolute Gasteiger partial charge is 0.341 e. The van der Waals surface area contributed by atoms with Gasteiger partial charge in [-0.05, 0) is 48.6 Å². The molecule has 1 aromatic heterocycles. The highest BCUT2D eigenvalue weighted by molar-refractivity contribution is 7.20. The third kappa shape index (κ3) is 5.75. The minimum atomic E-state index is -0.465. The third-order valence-electron chi connectivity index (χ3n) is 5.80. The Balaban J connectivity index is 1.50. The number of esters is 1. The maximum Gasteiger partial charge on any atom is 0.341 e. The Labute approximate surface area is 202 Å². The standard InChI is InChI=1S/C26H26ClNO4S/c1-31-26(30)23-22(18-10-4-2-5-11-18)24(27)33-25(23)28-21(29)16-17-9-8-14-20(15-17)32-19-12-6-3-7-13-19/h3,6-9,12-15,18H,2,4-5,10-11,16H2,1H3,(H,28,29). The molecular weight excluding hydrogens is 458 g/mol. The van der Waals surface area contributed by atoms with Gasteiger partial charge in [-0.2, -0.15) is 0 Å². The molecule has 0 spiro atoms. The fourth-order valence-electron chi connectivity index (χ4n) is 4.26. The number of halogens is 1. The fraction of sp³-hybridized carbons (Fsp3) is 0.308. The van der Waals surface area contributed by atoms with Gasteiger partial charge >= 0.3 is 5.97 Å². The van der Waals surface area contributed by atoms with Crippen molar-refractivity contribution < 1.29 is 19.1 Å². The molecule has 172 valence electrons. The first kappa shape index (κ1) is 23.3. The summed E-state index contributed by atoms with van der Waals surface area (Å²) in [7, 11) is 1.35. The number of hydrogen-bond acceptors (Lipinski definition) is 5. The number of para-hydroxylation sites is 1. The molecule has 5 nitrogen and oxygen atoms in total. The van der Waals surface area contributed by atoms with E-state index in [-0.39, 0.29) is 18.2 Å². The van der Waals surface area contributed by atoms with Crippen LogP contribution in [0, 0.1) is 0 Å². The summed E-state index contributed by atoms with van der Waals surface area (Å²) in [6.45, 7) is 0. The van der Waals surface area contributed by atoms with Gasteiger partial charge in [0.25, 0.3) is 0 Å². The van der Waals surface area contributed by atoms with Crippen LogP contribution in [0.5, 0.6) is 11.5 Å². The second-order valence-electron chi connectivity index (χ2n) is 8.11. The van der Waals surface area contributed by atoms with Crippen molar-refractivity contribution in [3.05, 3.63) is 75.6 Å². The molecule has 33 heavy (non-hydrogen) atoms. The highest BCUT2D eigenvalue weighted by atomic mass is 35.5. The Hall–Kier alpha value is -2.83. The molecule has 1 aliphatic rings. The molecular formula is C26H26ClNO4S. The molecule has 0 radical (unpaired) electrons. The van der Waals surface area contributed by atoms with Crippen LogP contribution in [0.1, 0.15) is 59.5 Å². The van der Waals surface area contributed by atoms with Gasteiger partial charge in [0.05, 0.1) is 23.4 Å². The quantitative estimate of drug-likeness (QED) is 0.360. The number of rotatable bonds is 7. The summed E-state index contributed by atoms with van der Waals surface area (Å²) < 4.78 is 11.4. The van der Waals surface area contributed by atoms with Gasteiger partial charge in [0.15, 0.2) is 0 Å². The van der Waals surface area contributed by atoms with E-state index in [2.05, 4.69) is 5.32 Å². The zero-order valence-electron chi connectivity index (χ0n) is 18.4.